The van der Waals surface area contributed by atoms with Gasteiger partial charge in [0, 0.05) is 12.5 Å². The number of aryl methyl sites for hydroxylation is 1. The average molecular weight is 404 g/mol. The van der Waals surface area contributed by atoms with Gasteiger partial charge in [-0.1, -0.05) is 11.6 Å². The largest absolute Gasteiger partial charge is 0.493 e. The van der Waals surface area contributed by atoms with Crippen molar-refractivity contribution in [2.75, 3.05) is 21.3 Å². The number of halogens is 1. The van der Waals surface area contributed by atoms with Crippen molar-refractivity contribution >= 4 is 17.5 Å². The van der Waals surface area contributed by atoms with E-state index in [1.807, 2.05) is 6.07 Å². The van der Waals surface area contributed by atoms with Crippen molar-refractivity contribution in [2.45, 2.75) is 25.8 Å². The first-order chi connectivity index (χ1) is 13.4. The highest BCUT2D eigenvalue weighted by Gasteiger charge is 2.29. The van der Waals surface area contributed by atoms with Crippen molar-refractivity contribution in [1.82, 2.24) is 5.32 Å². The number of hydrogen-bond donors (Lipinski definition) is 1. The van der Waals surface area contributed by atoms with E-state index in [9.17, 15) is 9.59 Å². The molecule has 6 nitrogen and oxygen atoms in total. The number of amides is 1. The lowest BCUT2D eigenvalue weighted by Gasteiger charge is -2.19. The van der Waals surface area contributed by atoms with Crippen molar-refractivity contribution in [1.29, 1.82) is 0 Å². The molecular weight excluding hydrogens is 382 g/mol. The minimum absolute atomic E-state index is 0.0968. The molecule has 2 aromatic carbocycles. The van der Waals surface area contributed by atoms with Crippen LogP contribution in [-0.4, -0.2) is 27.2 Å². The summed E-state index contributed by atoms with van der Waals surface area (Å²) in [6.07, 6.45) is 1.30. The zero-order valence-electron chi connectivity index (χ0n) is 16.2. The number of fused-ring (bicyclic) bond motifs is 3. The van der Waals surface area contributed by atoms with Gasteiger partial charge in [-0.05, 0) is 53.8 Å². The summed E-state index contributed by atoms with van der Waals surface area (Å²) in [5, 5.41) is 3.06. The standard InChI is InChI=1S/C21H22ClNO5/c1-11(24)23-16-7-5-12-9-18(26-2)20(27-3)21(28-4)19(12)13-6-8-17(25)15(22)10-14(13)16/h6,8-10,16H,5,7H2,1-4H3,(H,23,24)/t16-/m0/s1. The normalized spacial score (nSPS) is 15.0. The maximum absolute atomic E-state index is 12.2. The predicted molar refractivity (Wildman–Crippen MR) is 108 cm³/mol. The molecule has 0 saturated heterocycles. The lowest BCUT2D eigenvalue weighted by Crippen LogP contribution is -2.26. The van der Waals surface area contributed by atoms with E-state index in [0.717, 1.165) is 22.3 Å². The van der Waals surface area contributed by atoms with Gasteiger partial charge >= 0.3 is 0 Å². The Morgan fingerprint density at radius 2 is 1.82 bits per heavy atom. The molecular formula is C21H22ClNO5. The van der Waals surface area contributed by atoms with Crippen molar-refractivity contribution in [2.24, 2.45) is 0 Å². The molecule has 0 spiro atoms. The second kappa shape index (κ2) is 8.10. The first kappa shape index (κ1) is 20.0. The molecule has 1 atom stereocenters. The van der Waals surface area contributed by atoms with Gasteiger partial charge in [0.05, 0.1) is 32.4 Å². The first-order valence-electron chi connectivity index (χ1n) is 8.84. The van der Waals surface area contributed by atoms with Crippen LogP contribution in [0.25, 0.3) is 11.1 Å². The third kappa shape index (κ3) is 3.52. The molecule has 3 rings (SSSR count). The topological polar surface area (TPSA) is 73.9 Å². The van der Waals surface area contributed by atoms with Gasteiger partial charge < -0.3 is 19.5 Å². The molecule has 1 N–H and O–H groups in total. The molecule has 0 aliphatic heterocycles. The fraction of sp³-hybridized carbons (Fsp3) is 0.333. The van der Waals surface area contributed by atoms with Crippen molar-refractivity contribution in [3.05, 3.63) is 50.6 Å². The second-order valence-electron chi connectivity index (χ2n) is 6.53. The van der Waals surface area contributed by atoms with Gasteiger partial charge in [0.25, 0.3) is 0 Å². The average Bonchev–Trinajstić information content (AvgIpc) is 2.90. The lowest BCUT2D eigenvalue weighted by molar-refractivity contribution is -0.119. The van der Waals surface area contributed by atoms with Crippen LogP contribution in [0, 0.1) is 0 Å². The summed E-state index contributed by atoms with van der Waals surface area (Å²) < 4.78 is 16.7. The van der Waals surface area contributed by atoms with E-state index in [2.05, 4.69) is 5.32 Å². The number of nitrogens with one attached hydrogen (secondary N) is 1. The van der Waals surface area contributed by atoms with Crippen molar-refractivity contribution < 1.29 is 19.0 Å². The second-order valence-corrected chi connectivity index (χ2v) is 6.94. The van der Waals surface area contributed by atoms with Crippen LogP contribution in [-0.2, 0) is 11.2 Å². The van der Waals surface area contributed by atoms with E-state index in [-0.39, 0.29) is 22.4 Å². The molecule has 1 amide bonds. The zero-order valence-corrected chi connectivity index (χ0v) is 17.0. The van der Waals surface area contributed by atoms with E-state index in [1.165, 1.54) is 13.0 Å². The minimum Gasteiger partial charge on any atom is -0.493 e. The molecule has 0 bridgehead atoms. The predicted octanol–water partition coefficient (Wildman–Crippen LogP) is 3.52. The van der Waals surface area contributed by atoms with Crippen LogP contribution in [0.15, 0.2) is 29.1 Å². The molecule has 0 aromatic heterocycles. The van der Waals surface area contributed by atoms with Crippen molar-refractivity contribution in [3.63, 3.8) is 0 Å². The molecule has 0 heterocycles. The number of ether oxygens (including phenoxy) is 3. The van der Waals surface area contributed by atoms with E-state index >= 15 is 0 Å². The van der Waals surface area contributed by atoms with Crippen LogP contribution >= 0.6 is 11.6 Å². The molecule has 0 unspecified atom stereocenters. The Labute approximate surface area is 168 Å². The summed E-state index contributed by atoms with van der Waals surface area (Å²) in [7, 11) is 4.67. The third-order valence-corrected chi connectivity index (χ3v) is 5.16. The van der Waals surface area contributed by atoms with Gasteiger partial charge in [0.2, 0.25) is 11.7 Å². The van der Waals surface area contributed by atoms with Crippen LogP contribution in [0.5, 0.6) is 17.2 Å². The number of rotatable bonds is 4. The number of hydrogen-bond acceptors (Lipinski definition) is 5. The van der Waals surface area contributed by atoms with E-state index < -0.39 is 0 Å². The monoisotopic (exact) mass is 403 g/mol. The Morgan fingerprint density at radius 3 is 2.43 bits per heavy atom. The lowest BCUT2D eigenvalue weighted by atomic mass is 9.95. The van der Waals surface area contributed by atoms with Crippen LogP contribution in [0.1, 0.15) is 30.5 Å². The van der Waals surface area contributed by atoms with Crippen molar-refractivity contribution in [3.8, 4) is 28.4 Å². The van der Waals surface area contributed by atoms with Gasteiger partial charge in [0.15, 0.2) is 16.9 Å². The molecule has 148 valence electrons. The third-order valence-electron chi connectivity index (χ3n) is 4.87. The molecule has 1 aliphatic carbocycles. The highest BCUT2D eigenvalue weighted by molar-refractivity contribution is 6.30. The van der Waals surface area contributed by atoms with E-state index in [4.69, 9.17) is 25.8 Å². The summed E-state index contributed by atoms with van der Waals surface area (Å²) in [4.78, 5) is 24.0. The fourth-order valence-electron chi connectivity index (χ4n) is 3.69. The number of carbonyl (C=O) groups is 1. The number of carbonyl (C=O) groups excluding carboxylic acids is 1. The molecule has 0 fully saturated rings. The van der Waals surface area contributed by atoms with E-state index in [0.29, 0.717) is 30.1 Å². The van der Waals surface area contributed by atoms with Crippen LogP contribution in [0.4, 0.5) is 0 Å². The quantitative estimate of drug-likeness (QED) is 0.845. The van der Waals surface area contributed by atoms with Crippen LogP contribution < -0.4 is 25.0 Å². The Morgan fingerprint density at radius 1 is 1.11 bits per heavy atom. The van der Waals surface area contributed by atoms with Gasteiger partial charge in [-0.25, -0.2) is 0 Å². The SMILES string of the molecule is COc1cc2c(c(OC)c1OC)-c1ccc(=O)c(Cl)cc1[C@@H](NC(C)=O)CC2. The summed E-state index contributed by atoms with van der Waals surface area (Å²) >= 11 is 6.19. The van der Waals surface area contributed by atoms with Gasteiger partial charge in [0.1, 0.15) is 0 Å². The molecule has 0 saturated carbocycles. The maximum atomic E-state index is 12.2. The highest BCUT2D eigenvalue weighted by atomic mass is 35.5. The molecule has 28 heavy (non-hydrogen) atoms. The fourth-order valence-corrected chi connectivity index (χ4v) is 3.87. The smallest absolute Gasteiger partial charge is 0.217 e. The first-order valence-corrected chi connectivity index (χ1v) is 9.22. The number of benzene rings is 1. The summed E-state index contributed by atoms with van der Waals surface area (Å²) in [6.45, 7) is 1.47. The van der Waals surface area contributed by atoms with Gasteiger partial charge in [-0.2, -0.15) is 0 Å². The number of methoxy groups -OCH3 is 3. The maximum Gasteiger partial charge on any atom is 0.217 e. The Balaban J connectivity index is 2.41. The van der Waals surface area contributed by atoms with Gasteiger partial charge in [-0.15, -0.1) is 0 Å². The van der Waals surface area contributed by atoms with E-state index in [1.54, 1.807) is 33.5 Å². The Hall–Kier alpha value is -2.73. The Kier molecular flexibility index (Phi) is 5.79. The highest BCUT2D eigenvalue weighted by Crippen LogP contribution is 2.50. The van der Waals surface area contributed by atoms with Crippen LogP contribution in [0.3, 0.4) is 0 Å². The molecule has 1 aliphatic rings. The summed E-state index contributed by atoms with van der Waals surface area (Å²) in [6, 6.07) is 6.38. The minimum atomic E-state index is -0.300. The Bertz CT molecular complexity index is 989. The van der Waals surface area contributed by atoms with Gasteiger partial charge in [-0.3, -0.25) is 9.59 Å². The summed E-state index contributed by atoms with van der Waals surface area (Å²) in [5.74, 6) is 1.37. The summed E-state index contributed by atoms with van der Waals surface area (Å²) in [5.41, 5.74) is 2.99. The zero-order chi connectivity index (χ0) is 20.4. The molecule has 2 aromatic rings. The molecule has 7 heteroatoms. The van der Waals surface area contributed by atoms with Crippen LogP contribution in [0.2, 0.25) is 5.02 Å². The molecule has 0 radical (unpaired) electrons.